The molecule has 0 saturated carbocycles. The molecule has 0 saturated heterocycles. The molecular formula is C20H19ClN4O3. The first kappa shape index (κ1) is 19.4. The number of rotatable bonds is 7. The molecule has 0 aliphatic heterocycles. The average Bonchev–Trinajstić information content (AvgIpc) is 2.71. The van der Waals surface area contributed by atoms with Gasteiger partial charge in [-0.25, -0.2) is 14.8 Å². The summed E-state index contributed by atoms with van der Waals surface area (Å²) in [6.45, 7) is 2.56. The molecule has 3 rings (SSSR count). The van der Waals surface area contributed by atoms with Crippen molar-refractivity contribution in [2.75, 3.05) is 24.4 Å². The van der Waals surface area contributed by atoms with Crippen molar-refractivity contribution >= 4 is 40.6 Å². The van der Waals surface area contributed by atoms with Gasteiger partial charge in [-0.05, 0) is 49.4 Å². The minimum atomic E-state index is -0.444. The van der Waals surface area contributed by atoms with Crippen LogP contribution in [0.3, 0.4) is 0 Å². The van der Waals surface area contributed by atoms with Crippen molar-refractivity contribution in [2.45, 2.75) is 6.92 Å². The Labute approximate surface area is 167 Å². The highest BCUT2D eigenvalue weighted by molar-refractivity contribution is 6.33. The summed E-state index contributed by atoms with van der Waals surface area (Å²) in [6.07, 6.45) is 1.43. The largest absolute Gasteiger partial charge is 0.494 e. The van der Waals surface area contributed by atoms with Crippen LogP contribution < -0.4 is 15.4 Å². The summed E-state index contributed by atoms with van der Waals surface area (Å²) in [5, 5.41) is 6.74. The number of ether oxygens (including phenoxy) is 2. The molecule has 0 aliphatic carbocycles. The number of aromatic nitrogens is 2. The summed E-state index contributed by atoms with van der Waals surface area (Å²) >= 11 is 6.22. The lowest BCUT2D eigenvalue weighted by molar-refractivity contribution is 0.0601. The first-order valence-electron chi connectivity index (χ1n) is 8.56. The molecule has 0 spiro atoms. The predicted molar refractivity (Wildman–Crippen MR) is 109 cm³/mol. The molecule has 1 aromatic heterocycles. The minimum Gasteiger partial charge on any atom is -0.494 e. The molecule has 0 amide bonds. The fraction of sp³-hybridized carbons (Fsp3) is 0.150. The Morgan fingerprint density at radius 3 is 2.43 bits per heavy atom. The van der Waals surface area contributed by atoms with Crippen LogP contribution in [0, 0.1) is 0 Å². The van der Waals surface area contributed by atoms with E-state index in [0.717, 1.165) is 11.4 Å². The van der Waals surface area contributed by atoms with Crippen molar-refractivity contribution < 1.29 is 14.3 Å². The van der Waals surface area contributed by atoms with Crippen LogP contribution >= 0.6 is 11.6 Å². The van der Waals surface area contributed by atoms with Gasteiger partial charge in [0.25, 0.3) is 0 Å². The normalized spacial score (nSPS) is 10.2. The Balaban J connectivity index is 1.75. The molecule has 0 fully saturated rings. The van der Waals surface area contributed by atoms with E-state index in [-0.39, 0.29) is 0 Å². The number of nitrogens with zero attached hydrogens (tertiary/aromatic N) is 2. The van der Waals surface area contributed by atoms with E-state index in [1.54, 1.807) is 24.3 Å². The lowest BCUT2D eigenvalue weighted by atomic mass is 10.2. The third kappa shape index (κ3) is 4.89. The Morgan fingerprint density at radius 2 is 1.75 bits per heavy atom. The summed E-state index contributed by atoms with van der Waals surface area (Å²) in [7, 11) is 1.33. The fourth-order valence-corrected chi connectivity index (χ4v) is 2.61. The molecule has 0 aliphatic rings. The maximum Gasteiger partial charge on any atom is 0.337 e. The number of carbonyl (C=O) groups excluding carboxylic acids is 1. The van der Waals surface area contributed by atoms with Gasteiger partial charge in [0, 0.05) is 11.8 Å². The van der Waals surface area contributed by atoms with Crippen molar-refractivity contribution in [2.24, 2.45) is 0 Å². The molecule has 144 valence electrons. The fourth-order valence-electron chi connectivity index (χ4n) is 2.45. The van der Waals surface area contributed by atoms with Crippen molar-refractivity contribution in [1.82, 2.24) is 9.97 Å². The van der Waals surface area contributed by atoms with Gasteiger partial charge >= 0.3 is 5.97 Å². The molecule has 0 atom stereocenters. The number of anilines is 4. The molecule has 3 aromatic rings. The minimum absolute atomic E-state index is 0.385. The first-order chi connectivity index (χ1) is 13.6. The lowest BCUT2D eigenvalue weighted by Gasteiger charge is -2.11. The van der Waals surface area contributed by atoms with Crippen molar-refractivity contribution in [3.05, 3.63) is 65.4 Å². The van der Waals surface area contributed by atoms with Gasteiger partial charge in [0.05, 0.1) is 30.0 Å². The molecule has 2 N–H and O–H groups in total. The Hall–Kier alpha value is -3.32. The topological polar surface area (TPSA) is 85.4 Å². The van der Waals surface area contributed by atoms with E-state index in [1.165, 1.54) is 13.4 Å². The number of halogens is 1. The van der Waals surface area contributed by atoms with Gasteiger partial charge in [-0.1, -0.05) is 11.6 Å². The van der Waals surface area contributed by atoms with Crippen LogP contribution in [-0.4, -0.2) is 29.7 Å². The summed E-state index contributed by atoms with van der Waals surface area (Å²) in [4.78, 5) is 20.1. The molecule has 2 aromatic carbocycles. The Kier molecular flexibility index (Phi) is 6.29. The molecule has 0 bridgehead atoms. The third-order valence-electron chi connectivity index (χ3n) is 3.76. The molecular weight excluding hydrogens is 380 g/mol. The number of esters is 1. The Morgan fingerprint density at radius 1 is 1.04 bits per heavy atom. The smallest absolute Gasteiger partial charge is 0.337 e. The SMILES string of the molecule is CCOc1ccc(Nc2cc(Nc3cc(C(=O)OC)ccc3Cl)ncn2)cc1. The molecule has 28 heavy (non-hydrogen) atoms. The second-order valence-electron chi connectivity index (χ2n) is 5.68. The van der Waals surface area contributed by atoms with E-state index in [2.05, 4.69) is 20.6 Å². The van der Waals surface area contributed by atoms with Gasteiger partial charge in [-0.3, -0.25) is 0 Å². The van der Waals surface area contributed by atoms with Crippen LogP contribution in [0.4, 0.5) is 23.0 Å². The van der Waals surface area contributed by atoms with Gasteiger partial charge < -0.3 is 20.1 Å². The molecule has 0 unspecified atom stereocenters. The predicted octanol–water partition coefficient (Wildman–Crippen LogP) is 4.80. The van der Waals surface area contributed by atoms with Crippen molar-refractivity contribution in [3.63, 3.8) is 0 Å². The number of methoxy groups -OCH3 is 1. The second kappa shape index (κ2) is 9.05. The van der Waals surface area contributed by atoms with E-state index in [0.29, 0.717) is 34.5 Å². The van der Waals surface area contributed by atoms with Gasteiger partial charge in [0.1, 0.15) is 23.7 Å². The summed E-state index contributed by atoms with van der Waals surface area (Å²) < 4.78 is 10.2. The van der Waals surface area contributed by atoms with Gasteiger partial charge in [-0.15, -0.1) is 0 Å². The van der Waals surface area contributed by atoms with Crippen molar-refractivity contribution in [3.8, 4) is 5.75 Å². The molecule has 0 radical (unpaired) electrons. The number of hydrogen-bond acceptors (Lipinski definition) is 7. The molecule has 1 heterocycles. The number of hydrogen-bond donors (Lipinski definition) is 2. The van der Waals surface area contributed by atoms with Crippen molar-refractivity contribution in [1.29, 1.82) is 0 Å². The zero-order valence-corrected chi connectivity index (χ0v) is 16.2. The summed E-state index contributed by atoms with van der Waals surface area (Å²) in [5.74, 6) is 1.48. The van der Waals surface area contributed by atoms with E-state index >= 15 is 0 Å². The van der Waals surface area contributed by atoms with Crippen LogP contribution in [0.5, 0.6) is 5.75 Å². The molecule has 7 nitrogen and oxygen atoms in total. The zero-order chi connectivity index (χ0) is 19.9. The summed E-state index contributed by atoms with van der Waals surface area (Å²) in [5.41, 5.74) is 1.78. The van der Waals surface area contributed by atoms with E-state index in [4.69, 9.17) is 21.1 Å². The van der Waals surface area contributed by atoms with E-state index in [1.807, 2.05) is 31.2 Å². The highest BCUT2D eigenvalue weighted by atomic mass is 35.5. The van der Waals surface area contributed by atoms with E-state index in [9.17, 15) is 4.79 Å². The monoisotopic (exact) mass is 398 g/mol. The highest BCUT2D eigenvalue weighted by Crippen LogP contribution is 2.27. The maximum atomic E-state index is 11.7. The van der Waals surface area contributed by atoms with Gasteiger partial charge in [0.15, 0.2) is 0 Å². The number of nitrogens with one attached hydrogen (secondary N) is 2. The average molecular weight is 399 g/mol. The van der Waals surface area contributed by atoms with E-state index < -0.39 is 5.97 Å². The molecule has 8 heteroatoms. The maximum absolute atomic E-state index is 11.7. The summed E-state index contributed by atoms with van der Waals surface area (Å²) in [6, 6.07) is 14.1. The third-order valence-corrected chi connectivity index (χ3v) is 4.08. The second-order valence-corrected chi connectivity index (χ2v) is 6.09. The van der Waals surface area contributed by atoms with Crippen LogP contribution in [0.2, 0.25) is 5.02 Å². The first-order valence-corrected chi connectivity index (χ1v) is 8.93. The van der Waals surface area contributed by atoms with Crippen LogP contribution in [-0.2, 0) is 4.74 Å². The van der Waals surface area contributed by atoms with Crippen LogP contribution in [0.1, 0.15) is 17.3 Å². The standard InChI is InChI=1S/C20H19ClN4O3/c1-3-28-15-7-5-14(6-8-15)24-18-11-19(23-12-22-18)25-17-10-13(20(26)27-2)4-9-16(17)21/h4-12H,3H2,1-2H3,(H2,22,23,24,25). The van der Waals surface area contributed by atoms with Crippen LogP contribution in [0.25, 0.3) is 0 Å². The quantitative estimate of drug-likeness (QED) is 0.552. The highest BCUT2D eigenvalue weighted by Gasteiger charge is 2.10. The number of carbonyl (C=O) groups is 1. The lowest BCUT2D eigenvalue weighted by Crippen LogP contribution is -2.03. The van der Waals surface area contributed by atoms with Gasteiger partial charge in [0.2, 0.25) is 0 Å². The van der Waals surface area contributed by atoms with Crippen LogP contribution in [0.15, 0.2) is 54.9 Å². The zero-order valence-electron chi connectivity index (χ0n) is 15.4. The Bertz CT molecular complexity index is 964. The number of benzene rings is 2. The van der Waals surface area contributed by atoms with Gasteiger partial charge in [-0.2, -0.15) is 0 Å².